The Balaban J connectivity index is 1.76. The summed E-state index contributed by atoms with van der Waals surface area (Å²) in [5.41, 5.74) is 0.386. The van der Waals surface area contributed by atoms with E-state index in [9.17, 15) is 24.3 Å². The van der Waals surface area contributed by atoms with Gasteiger partial charge in [-0.25, -0.2) is 4.79 Å². The highest BCUT2D eigenvalue weighted by atomic mass is 32.2. The van der Waals surface area contributed by atoms with Crippen LogP contribution in [0.5, 0.6) is 0 Å². The van der Waals surface area contributed by atoms with Crippen molar-refractivity contribution in [3.63, 3.8) is 0 Å². The topological polar surface area (TPSA) is 95.0 Å². The Hall–Kier alpha value is -2.61. The highest BCUT2D eigenvalue weighted by Gasteiger charge is 2.37. The molecule has 26 heavy (non-hydrogen) atoms. The summed E-state index contributed by atoms with van der Waals surface area (Å²) in [6.45, 7) is 1.02. The van der Waals surface area contributed by atoms with Crippen LogP contribution in [0.25, 0.3) is 6.08 Å². The molecule has 136 valence electrons. The van der Waals surface area contributed by atoms with E-state index >= 15 is 0 Å². The van der Waals surface area contributed by atoms with Crippen molar-refractivity contribution in [3.05, 3.63) is 40.3 Å². The largest absolute Gasteiger partial charge is 0.478 e. The van der Waals surface area contributed by atoms with E-state index in [1.54, 1.807) is 23.1 Å². The molecule has 0 radical (unpaired) electrons. The summed E-state index contributed by atoms with van der Waals surface area (Å²) in [4.78, 5) is 51.0. The Kier molecular flexibility index (Phi) is 5.41. The number of amides is 3. The van der Waals surface area contributed by atoms with Crippen LogP contribution < -0.4 is 0 Å². The number of carbonyl (C=O) groups is 4. The molecule has 3 amide bonds. The monoisotopic (exact) mass is 374 g/mol. The molecular formula is C18H18N2O5S. The number of carboxylic acid groups (broad SMARTS) is 1. The van der Waals surface area contributed by atoms with Crippen LogP contribution in [0.15, 0.2) is 29.2 Å². The number of carboxylic acids is 1. The molecule has 0 spiro atoms. The van der Waals surface area contributed by atoms with Gasteiger partial charge < -0.3 is 10.0 Å². The van der Waals surface area contributed by atoms with Crippen LogP contribution >= 0.6 is 11.8 Å². The number of imide groups is 1. The molecule has 8 heteroatoms. The molecule has 0 atom stereocenters. The van der Waals surface area contributed by atoms with Gasteiger partial charge >= 0.3 is 5.97 Å². The van der Waals surface area contributed by atoms with E-state index in [1.165, 1.54) is 12.1 Å². The summed E-state index contributed by atoms with van der Waals surface area (Å²) in [5, 5.41) is 8.71. The predicted octanol–water partition coefficient (Wildman–Crippen LogP) is 2.43. The van der Waals surface area contributed by atoms with Gasteiger partial charge in [-0.05, 0) is 48.7 Å². The van der Waals surface area contributed by atoms with E-state index in [1.807, 2.05) is 0 Å². The minimum Gasteiger partial charge on any atom is -0.478 e. The Labute approximate surface area is 154 Å². The number of piperidine rings is 1. The lowest BCUT2D eigenvalue weighted by Crippen LogP contribution is -2.44. The molecular weight excluding hydrogens is 356 g/mol. The molecule has 0 aromatic heterocycles. The summed E-state index contributed by atoms with van der Waals surface area (Å²) in [6, 6.07) is 6.24. The van der Waals surface area contributed by atoms with Crippen LogP contribution in [0.1, 0.15) is 35.2 Å². The number of hydrogen-bond donors (Lipinski definition) is 1. The Morgan fingerprint density at radius 1 is 1.12 bits per heavy atom. The molecule has 2 saturated heterocycles. The molecule has 1 aromatic carbocycles. The van der Waals surface area contributed by atoms with Crippen molar-refractivity contribution in [1.82, 2.24) is 9.80 Å². The normalized spacial score (nSPS) is 19.3. The first-order chi connectivity index (χ1) is 12.5. The van der Waals surface area contributed by atoms with Crippen LogP contribution in [-0.2, 0) is 9.59 Å². The molecule has 2 aliphatic heterocycles. The second-order valence-corrected chi connectivity index (χ2v) is 7.09. The van der Waals surface area contributed by atoms with E-state index in [-0.39, 0.29) is 22.9 Å². The van der Waals surface area contributed by atoms with Gasteiger partial charge in [-0.15, -0.1) is 0 Å². The van der Waals surface area contributed by atoms with Crippen molar-refractivity contribution in [1.29, 1.82) is 0 Å². The summed E-state index contributed by atoms with van der Waals surface area (Å²) < 4.78 is 0. The van der Waals surface area contributed by atoms with Gasteiger partial charge in [0.25, 0.3) is 11.1 Å². The predicted molar refractivity (Wildman–Crippen MR) is 96.5 cm³/mol. The molecule has 2 fully saturated rings. The van der Waals surface area contributed by atoms with Crippen molar-refractivity contribution < 1.29 is 24.3 Å². The zero-order chi connectivity index (χ0) is 18.7. The third-order valence-electron chi connectivity index (χ3n) is 4.35. The van der Waals surface area contributed by atoms with Gasteiger partial charge in [0.2, 0.25) is 5.91 Å². The van der Waals surface area contributed by atoms with Crippen LogP contribution in [0.4, 0.5) is 4.79 Å². The average Bonchev–Trinajstić information content (AvgIpc) is 2.90. The molecule has 7 nitrogen and oxygen atoms in total. The van der Waals surface area contributed by atoms with E-state index in [0.717, 1.165) is 35.9 Å². The summed E-state index contributed by atoms with van der Waals surface area (Å²) in [6.07, 6.45) is 4.33. The summed E-state index contributed by atoms with van der Waals surface area (Å²) >= 11 is 0.721. The average molecular weight is 374 g/mol. The minimum atomic E-state index is -1.11. The lowest BCUT2D eigenvalue weighted by atomic mass is 10.1. The SMILES string of the molecule is O=C(O)c1ccccc1/C=C1\SC(=O)N(CC(=O)N2CCCCC2)C1=O. The number of rotatable bonds is 4. The second kappa shape index (κ2) is 7.74. The maximum absolute atomic E-state index is 12.5. The first-order valence-corrected chi connectivity index (χ1v) is 9.14. The van der Waals surface area contributed by atoms with Crippen molar-refractivity contribution in [2.45, 2.75) is 19.3 Å². The number of thioether (sulfide) groups is 1. The third kappa shape index (κ3) is 3.80. The molecule has 0 saturated carbocycles. The van der Waals surface area contributed by atoms with Gasteiger partial charge in [0.15, 0.2) is 0 Å². The zero-order valence-electron chi connectivity index (χ0n) is 14.0. The second-order valence-electron chi connectivity index (χ2n) is 6.10. The number of nitrogens with zero attached hydrogens (tertiary/aromatic N) is 2. The van der Waals surface area contributed by atoms with Gasteiger partial charge in [0.05, 0.1) is 10.5 Å². The molecule has 2 heterocycles. The van der Waals surface area contributed by atoms with Gasteiger partial charge in [-0.3, -0.25) is 19.3 Å². The number of hydrogen-bond acceptors (Lipinski definition) is 5. The molecule has 1 N–H and O–H groups in total. The Bertz CT molecular complexity index is 799. The van der Waals surface area contributed by atoms with Crippen molar-refractivity contribution in [3.8, 4) is 0 Å². The summed E-state index contributed by atoms with van der Waals surface area (Å²) in [7, 11) is 0. The highest BCUT2D eigenvalue weighted by Crippen LogP contribution is 2.32. The van der Waals surface area contributed by atoms with Crippen LogP contribution in [0.3, 0.4) is 0 Å². The fourth-order valence-electron chi connectivity index (χ4n) is 2.97. The van der Waals surface area contributed by atoms with Crippen LogP contribution in [-0.4, -0.2) is 57.6 Å². The number of likely N-dealkylation sites (tertiary alicyclic amines) is 1. The van der Waals surface area contributed by atoms with Crippen molar-refractivity contribution in [2.24, 2.45) is 0 Å². The molecule has 0 unspecified atom stereocenters. The first-order valence-electron chi connectivity index (χ1n) is 8.33. The lowest BCUT2D eigenvalue weighted by Gasteiger charge is -2.27. The number of carbonyl (C=O) groups excluding carboxylic acids is 3. The fraction of sp³-hybridized carbons (Fsp3) is 0.333. The van der Waals surface area contributed by atoms with Gasteiger partial charge in [0.1, 0.15) is 6.54 Å². The smallest absolute Gasteiger partial charge is 0.336 e. The maximum atomic E-state index is 12.5. The van der Waals surface area contributed by atoms with E-state index in [4.69, 9.17) is 0 Å². The van der Waals surface area contributed by atoms with Crippen molar-refractivity contribution in [2.75, 3.05) is 19.6 Å². The van der Waals surface area contributed by atoms with Crippen molar-refractivity contribution >= 4 is 40.9 Å². The van der Waals surface area contributed by atoms with Gasteiger partial charge in [-0.1, -0.05) is 18.2 Å². The van der Waals surface area contributed by atoms with Gasteiger partial charge in [-0.2, -0.15) is 0 Å². The third-order valence-corrected chi connectivity index (χ3v) is 5.26. The lowest BCUT2D eigenvalue weighted by molar-refractivity contribution is -0.136. The quantitative estimate of drug-likeness (QED) is 0.814. The Morgan fingerprint density at radius 3 is 2.50 bits per heavy atom. The van der Waals surface area contributed by atoms with Crippen LogP contribution in [0.2, 0.25) is 0 Å². The highest BCUT2D eigenvalue weighted by molar-refractivity contribution is 8.18. The standard InChI is InChI=1S/C18H18N2O5S/c21-15(19-8-4-1-5-9-19)11-20-16(22)14(26-18(20)25)10-12-6-2-3-7-13(12)17(23)24/h2-3,6-7,10H,1,4-5,8-9,11H2,(H,23,24)/b14-10-. The fourth-order valence-corrected chi connectivity index (χ4v) is 3.80. The summed E-state index contributed by atoms with van der Waals surface area (Å²) in [5.74, 6) is -1.92. The van der Waals surface area contributed by atoms with E-state index in [2.05, 4.69) is 0 Å². The maximum Gasteiger partial charge on any atom is 0.336 e. The minimum absolute atomic E-state index is 0.0451. The molecule has 1 aromatic rings. The zero-order valence-corrected chi connectivity index (χ0v) is 14.8. The van der Waals surface area contributed by atoms with E-state index in [0.29, 0.717) is 18.7 Å². The van der Waals surface area contributed by atoms with Crippen LogP contribution in [0, 0.1) is 0 Å². The molecule has 3 rings (SSSR count). The van der Waals surface area contributed by atoms with E-state index < -0.39 is 17.1 Å². The Morgan fingerprint density at radius 2 is 1.81 bits per heavy atom. The molecule has 0 bridgehead atoms. The van der Waals surface area contributed by atoms with Gasteiger partial charge in [0, 0.05) is 13.1 Å². The number of aromatic carboxylic acids is 1. The molecule has 2 aliphatic rings. The first kappa shape index (κ1) is 18.2. The number of benzene rings is 1. The molecule has 0 aliphatic carbocycles.